The van der Waals surface area contributed by atoms with Gasteiger partial charge in [-0.25, -0.2) is 14.8 Å². The first-order chi connectivity index (χ1) is 18.1. The number of nitrogens with one attached hydrogen (secondary N) is 1. The summed E-state index contributed by atoms with van der Waals surface area (Å²) >= 11 is 7.50. The number of rotatable bonds is 3. The van der Waals surface area contributed by atoms with Gasteiger partial charge in [-0.1, -0.05) is 11.3 Å². The highest BCUT2D eigenvalue weighted by molar-refractivity contribution is 7.16. The van der Waals surface area contributed by atoms with Gasteiger partial charge in [0.2, 0.25) is 11.2 Å². The van der Waals surface area contributed by atoms with Crippen LogP contribution in [0.1, 0.15) is 82.0 Å². The van der Waals surface area contributed by atoms with Crippen LogP contribution in [0.2, 0.25) is 5.28 Å². The predicted molar refractivity (Wildman–Crippen MR) is 144 cm³/mol. The fourth-order valence-corrected chi connectivity index (χ4v) is 7.28. The maximum Gasteiger partial charge on any atom is 0.411 e. The van der Waals surface area contributed by atoms with Crippen LogP contribution >= 0.6 is 22.9 Å². The largest absolute Gasteiger partial charge is 0.444 e. The molecule has 0 aromatic carbocycles. The molecular weight excluding hydrogens is 528 g/mol. The standard InChI is InChI=1S/C25H31ClN8O3S/c1-25(2,3)37-24(36)34-14-8-9-16(34)18-15(10-14)29-23(38-18)32-21(35)12-4-6-13(7-5-12)33-11-28-17-19(27)30-22(26)31-20(17)33/h11-14,16H,4-10H2,1-3H3,(H2,27,30,31)(H,29,32,35)/t12-,13+,14-,16+/m0/s1. The summed E-state index contributed by atoms with van der Waals surface area (Å²) < 4.78 is 7.66. The van der Waals surface area contributed by atoms with Gasteiger partial charge in [0.05, 0.1) is 22.9 Å². The SMILES string of the molecule is CC(C)(C)OC(=O)N1[C@H]2CC[C@@H]1c1sc(NC(=O)[C@H]3CC[C@@H](n4cnc5c(N)nc(Cl)nc54)CC3)nc1C2. The maximum atomic E-state index is 13.2. The molecule has 2 bridgehead atoms. The number of nitrogens with two attached hydrogens (primary N) is 1. The lowest BCUT2D eigenvalue weighted by Gasteiger charge is -2.35. The quantitative estimate of drug-likeness (QED) is 0.433. The van der Waals surface area contributed by atoms with Crippen molar-refractivity contribution in [3.63, 3.8) is 0 Å². The molecule has 38 heavy (non-hydrogen) atoms. The number of aromatic nitrogens is 5. The molecule has 1 saturated carbocycles. The fraction of sp³-hybridized carbons (Fsp3) is 0.600. The van der Waals surface area contributed by atoms with E-state index >= 15 is 0 Å². The number of hydrogen-bond donors (Lipinski definition) is 2. The van der Waals surface area contributed by atoms with Gasteiger partial charge in [-0.15, -0.1) is 0 Å². The van der Waals surface area contributed by atoms with Gasteiger partial charge < -0.3 is 20.4 Å². The Kier molecular flexibility index (Phi) is 6.21. The Morgan fingerprint density at radius 1 is 1.11 bits per heavy atom. The molecule has 0 unspecified atom stereocenters. The van der Waals surface area contributed by atoms with E-state index in [4.69, 9.17) is 27.1 Å². The van der Waals surface area contributed by atoms with E-state index in [0.29, 0.717) is 22.7 Å². The van der Waals surface area contributed by atoms with E-state index < -0.39 is 5.60 Å². The molecule has 2 amide bonds. The summed E-state index contributed by atoms with van der Waals surface area (Å²) in [4.78, 5) is 46.4. The third kappa shape index (κ3) is 4.57. The molecule has 3 aromatic heterocycles. The maximum absolute atomic E-state index is 13.2. The molecule has 5 heterocycles. The Hall–Kier alpha value is -2.99. The fourth-order valence-electron chi connectivity index (χ4n) is 5.98. The molecule has 0 spiro atoms. The van der Waals surface area contributed by atoms with Crippen molar-refractivity contribution >= 4 is 57.1 Å². The topological polar surface area (TPSA) is 141 Å². The van der Waals surface area contributed by atoms with Crippen LogP contribution in [0.3, 0.4) is 0 Å². The highest BCUT2D eigenvalue weighted by Crippen LogP contribution is 2.47. The number of nitrogens with zero attached hydrogens (tertiary/aromatic N) is 6. The number of anilines is 2. The third-order valence-corrected chi connectivity index (χ3v) is 8.96. The number of ether oxygens (including phenoxy) is 1. The number of carbonyl (C=O) groups excluding carboxylic acids is 2. The lowest BCUT2D eigenvalue weighted by Crippen LogP contribution is -2.44. The first-order valence-corrected chi connectivity index (χ1v) is 14.2. The number of fused-ring (bicyclic) bond motifs is 5. The minimum absolute atomic E-state index is 0.00573. The molecule has 11 nitrogen and oxygen atoms in total. The molecule has 2 atom stereocenters. The monoisotopic (exact) mass is 558 g/mol. The number of hydrogen-bond acceptors (Lipinski definition) is 9. The van der Waals surface area contributed by atoms with Crippen LogP contribution in [0.5, 0.6) is 0 Å². The second-order valence-corrected chi connectivity index (χ2v) is 12.7. The normalized spacial score (nSPS) is 24.9. The summed E-state index contributed by atoms with van der Waals surface area (Å²) in [5.41, 5.74) is 7.56. The molecule has 13 heteroatoms. The summed E-state index contributed by atoms with van der Waals surface area (Å²) in [6.45, 7) is 5.65. The van der Waals surface area contributed by atoms with E-state index in [1.807, 2.05) is 30.2 Å². The smallest absolute Gasteiger partial charge is 0.411 e. The van der Waals surface area contributed by atoms with Crippen LogP contribution in [0.15, 0.2) is 6.33 Å². The molecule has 3 N–H and O–H groups in total. The van der Waals surface area contributed by atoms with E-state index in [1.165, 1.54) is 11.3 Å². The second kappa shape index (κ2) is 9.33. The Bertz CT molecular complexity index is 1410. The zero-order valence-electron chi connectivity index (χ0n) is 21.6. The highest BCUT2D eigenvalue weighted by Gasteiger charge is 2.46. The number of imidazole rings is 1. The summed E-state index contributed by atoms with van der Waals surface area (Å²) in [6.07, 6.45) is 7.09. The lowest BCUT2D eigenvalue weighted by atomic mass is 9.85. The van der Waals surface area contributed by atoms with Crippen molar-refractivity contribution in [1.82, 2.24) is 29.4 Å². The van der Waals surface area contributed by atoms with Gasteiger partial charge in [-0.05, 0) is 70.9 Å². The minimum atomic E-state index is -0.540. The summed E-state index contributed by atoms with van der Waals surface area (Å²) in [6, 6.07) is 0.225. The van der Waals surface area contributed by atoms with Gasteiger partial charge in [0, 0.05) is 24.4 Å². The molecule has 2 fully saturated rings. The number of nitrogen functional groups attached to an aromatic ring is 1. The third-order valence-electron chi connectivity index (χ3n) is 7.68. The number of amides is 2. The van der Waals surface area contributed by atoms with Gasteiger partial charge in [-0.2, -0.15) is 9.97 Å². The van der Waals surface area contributed by atoms with Crippen LogP contribution < -0.4 is 11.1 Å². The van der Waals surface area contributed by atoms with Gasteiger partial charge in [0.15, 0.2) is 16.6 Å². The van der Waals surface area contributed by atoms with E-state index in [1.54, 1.807) is 6.33 Å². The predicted octanol–water partition coefficient (Wildman–Crippen LogP) is 4.89. The molecule has 1 saturated heterocycles. The summed E-state index contributed by atoms with van der Waals surface area (Å²) in [5, 5.41) is 3.77. The van der Waals surface area contributed by atoms with E-state index in [9.17, 15) is 9.59 Å². The van der Waals surface area contributed by atoms with Crippen molar-refractivity contribution in [2.45, 2.75) is 89.4 Å². The summed E-state index contributed by atoms with van der Waals surface area (Å²) in [7, 11) is 0. The van der Waals surface area contributed by atoms with Gasteiger partial charge in [-0.3, -0.25) is 9.69 Å². The lowest BCUT2D eigenvalue weighted by molar-refractivity contribution is -0.121. The highest BCUT2D eigenvalue weighted by atomic mass is 35.5. The Labute approximate surface area is 229 Å². The Balaban J connectivity index is 1.10. The Morgan fingerprint density at radius 2 is 1.84 bits per heavy atom. The van der Waals surface area contributed by atoms with Crippen molar-refractivity contribution in [3.8, 4) is 0 Å². The number of thiazole rings is 1. The first-order valence-electron chi connectivity index (χ1n) is 13.0. The molecule has 2 aliphatic heterocycles. The molecule has 6 rings (SSSR count). The average molecular weight is 559 g/mol. The van der Waals surface area contributed by atoms with Gasteiger partial charge >= 0.3 is 6.09 Å². The van der Waals surface area contributed by atoms with Crippen molar-refractivity contribution < 1.29 is 14.3 Å². The summed E-state index contributed by atoms with van der Waals surface area (Å²) in [5.74, 6) is 0.161. The van der Waals surface area contributed by atoms with Crippen LogP contribution in [-0.2, 0) is 16.0 Å². The Morgan fingerprint density at radius 3 is 2.58 bits per heavy atom. The second-order valence-electron chi connectivity index (χ2n) is 11.4. The molecule has 3 aromatic rings. The molecule has 3 aliphatic rings. The van der Waals surface area contributed by atoms with Crippen molar-refractivity contribution in [3.05, 3.63) is 22.2 Å². The van der Waals surface area contributed by atoms with Crippen molar-refractivity contribution in [1.29, 1.82) is 0 Å². The zero-order chi connectivity index (χ0) is 26.8. The van der Waals surface area contributed by atoms with E-state index in [2.05, 4.69) is 20.3 Å². The minimum Gasteiger partial charge on any atom is -0.444 e. The van der Waals surface area contributed by atoms with Crippen molar-refractivity contribution in [2.75, 3.05) is 11.1 Å². The van der Waals surface area contributed by atoms with Crippen molar-refractivity contribution in [2.24, 2.45) is 5.92 Å². The molecule has 1 aliphatic carbocycles. The van der Waals surface area contributed by atoms with E-state index in [0.717, 1.165) is 49.1 Å². The number of halogens is 1. The average Bonchev–Trinajstić information content (AvgIpc) is 3.53. The van der Waals surface area contributed by atoms with E-state index in [-0.39, 0.29) is 47.1 Å². The van der Waals surface area contributed by atoms with Gasteiger partial charge in [0.1, 0.15) is 11.1 Å². The van der Waals surface area contributed by atoms with Gasteiger partial charge in [0.25, 0.3) is 0 Å². The molecular formula is C25H31ClN8O3S. The van der Waals surface area contributed by atoms with Crippen LogP contribution in [0.4, 0.5) is 15.7 Å². The first kappa shape index (κ1) is 25.3. The van der Waals surface area contributed by atoms with Crippen LogP contribution in [-0.4, -0.2) is 53.0 Å². The number of carbonyl (C=O) groups is 2. The molecule has 202 valence electrons. The molecule has 0 radical (unpaired) electrons. The van der Waals surface area contributed by atoms with Crippen LogP contribution in [0.25, 0.3) is 11.2 Å². The van der Waals surface area contributed by atoms with Crippen LogP contribution in [0, 0.1) is 5.92 Å². The zero-order valence-corrected chi connectivity index (χ0v) is 23.2.